The van der Waals surface area contributed by atoms with Crippen LogP contribution in [0.2, 0.25) is 0 Å². The molecule has 0 saturated carbocycles. The van der Waals surface area contributed by atoms with Gasteiger partial charge >= 0.3 is 0 Å². The van der Waals surface area contributed by atoms with Crippen molar-refractivity contribution in [3.05, 3.63) is 82.6 Å². The Labute approximate surface area is 224 Å². The number of aryl methyl sites for hydroxylation is 2. The summed E-state index contributed by atoms with van der Waals surface area (Å²) in [6, 6.07) is 7.23. The zero-order chi connectivity index (χ0) is 26.8. The molecule has 2 unspecified atom stereocenters. The average Bonchev–Trinajstić information content (AvgIpc) is 3.00. The number of allylic oxidation sites excluding steroid dienone is 6. The van der Waals surface area contributed by atoms with Gasteiger partial charge in [-0.3, -0.25) is 0 Å². The molecule has 1 N–H and O–H groups in total. The van der Waals surface area contributed by atoms with Crippen LogP contribution in [0.4, 0.5) is 0 Å². The van der Waals surface area contributed by atoms with E-state index in [0.717, 1.165) is 18.8 Å². The van der Waals surface area contributed by atoms with E-state index in [1.54, 1.807) is 16.7 Å². The van der Waals surface area contributed by atoms with E-state index in [-0.39, 0.29) is 0 Å². The molecule has 0 bridgehead atoms. The largest absolute Gasteiger partial charge is 0.394 e. The minimum Gasteiger partial charge on any atom is -0.394 e. The van der Waals surface area contributed by atoms with Crippen LogP contribution in [0.15, 0.2) is 65.9 Å². The Morgan fingerprint density at radius 3 is 2.42 bits per heavy atom. The van der Waals surface area contributed by atoms with Crippen molar-refractivity contribution in [3.63, 3.8) is 0 Å². The first-order valence-electron chi connectivity index (χ1n) is 14.3. The summed E-state index contributed by atoms with van der Waals surface area (Å²) in [6.45, 7) is 13.1. The number of hydrogen-bond donors (Lipinski definition) is 1. The van der Waals surface area contributed by atoms with Gasteiger partial charge in [0.2, 0.25) is 0 Å². The fourth-order valence-corrected chi connectivity index (χ4v) is 5.84. The van der Waals surface area contributed by atoms with E-state index >= 15 is 0 Å². The number of rotatable bonds is 15. The Morgan fingerprint density at radius 2 is 1.75 bits per heavy atom. The van der Waals surface area contributed by atoms with E-state index in [2.05, 4.69) is 89.0 Å². The summed E-state index contributed by atoms with van der Waals surface area (Å²) in [6.07, 6.45) is 32.2. The van der Waals surface area contributed by atoms with Crippen LogP contribution in [0, 0.1) is 25.7 Å². The van der Waals surface area contributed by atoms with Gasteiger partial charge in [0.15, 0.2) is 0 Å². The lowest BCUT2D eigenvalue weighted by atomic mass is 9.74. The molecule has 1 aromatic carbocycles. The van der Waals surface area contributed by atoms with Crippen LogP contribution in [-0.4, -0.2) is 7.05 Å². The quantitative estimate of drug-likeness (QED) is 0.147. The monoisotopic (exact) mass is 487 g/mol. The highest BCUT2D eigenvalue weighted by atomic mass is 14.8. The highest BCUT2D eigenvalue weighted by Gasteiger charge is 2.29. The second kappa shape index (κ2) is 18.8. The van der Waals surface area contributed by atoms with Crippen molar-refractivity contribution in [2.24, 2.45) is 5.92 Å². The average molecular weight is 488 g/mol. The minimum atomic E-state index is 0.560. The van der Waals surface area contributed by atoms with Gasteiger partial charge in [0.05, 0.1) is 0 Å². The molecule has 1 aliphatic carbocycles. The van der Waals surface area contributed by atoms with Crippen molar-refractivity contribution in [1.29, 1.82) is 0 Å². The fraction of sp³-hybridized carbons (Fsp3) is 0.543. The van der Waals surface area contributed by atoms with Crippen molar-refractivity contribution in [3.8, 4) is 12.8 Å². The summed E-state index contributed by atoms with van der Waals surface area (Å²) < 4.78 is 0. The zero-order valence-corrected chi connectivity index (χ0v) is 24.0. The number of unbranched alkanes of at least 4 members (excludes halogenated alkanes) is 5. The molecule has 0 spiro atoms. The molecule has 0 aromatic heterocycles. The van der Waals surface area contributed by atoms with E-state index in [4.69, 9.17) is 0 Å². The minimum absolute atomic E-state index is 0.560. The molecule has 36 heavy (non-hydrogen) atoms. The van der Waals surface area contributed by atoms with E-state index < -0.39 is 0 Å². The number of nitrogens with one attached hydrogen (secondary N) is 1. The summed E-state index contributed by atoms with van der Waals surface area (Å²) in [4.78, 5) is 0. The highest BCUT2D eigenvalue weighted by molar-refractivity contribution is 5.45. The van der Waals surface area contributed by atoms with Crippen molar-refractivity contribution in [2.45, 2.75) is 111 Å². The highest BCUT2D eigenvalue weighted by Crippen LogP contribution is 2.43. The predicted octanol–water partition coefficient (Wildman–Crippen LogP) is 9.99. The third kappa shape index (κ3) is 10.7. The molecule has 0 amide bonds. The van der Waals surface area contributed by atoms with Gasteiger partial charge in [-0.05, 0) is 88.1 Å². The van der Waals surface area contributed by atoms with Crippen LogP contribution in [0.5, 0.6) is 0 Å². The maximum atomic E-state index is 4.00. The van der Waals surface area contributed by atoms with Gasteiger partial charge in [0, 0.05) is 13.0 Å². The summed E-state index contributed by atoms with van der Waals surface area (Å²) in [5, 5.41) is 3.14. The Morgan fingerprint density at radius 1 is 1.06 bits per heavy atom. The van der Waals surface area contributed by atoms with Gasteiger partial charge in [0.1, 0.15) is 0 Å². The normalized spacial score (nSPS) is 16.6. The van der Waals surface area contributed by atoms with E-state index in [1.165, 1.54) is 80.9 Å². The molecular weight excluding hydrogens is 434 g/mol. The summed E-state index contributed by atoms with van der Waals surface area (Å²) in [5.74, 6) is 1.30. The molecule has 198 valence electrons. The first-order valence-corrected chi connectivity index (χ1v) is 14.3. The fourth-order valence-electron chi connectivity index (χ4n) is 5.84. The van der Waals surface area contributed by atoms with E-state index in [9.17, 15) is 0 Å². The first-order chi connectivity index (χ1) is 17.5. The molecule has 2 atom stereocenters. The van der Waals surface area contributed by atoms with Crippen LogP contribution in [0.3, 0.4) is 0 Å². The van der Waals surface area contributed by atoms with Crippen molar-refractivity contribution in [2.75, 3.05) is 7.05 Å². The second-order valence-corrected chi connectivity index (χ2v) is 10.5. The molecule has 0 fully saturated rings. The molecule has 0 radical (unpaired) electrons. The van der Waals surface area contributed by atoms with Gasteiger partial charge in [-0.1, -0.05) is 105 Å². The molecule has 1 aromatic rings. The van der Waals surface area contributed by atoms with Gasteiger partial charge in [-0.25, -0.2) is 0 Å². The Bertz CT molecular complexity index is 879. The van der Waals surface area contributed by atoms with E-state index in [0.29, 0.717) is 5.92 Å². The van der Waals surface area contributed by atoms with Gasteiger partial charge in [-0.2, -0.15) is 0 Å². The van der Waals surface area contributed by atoms with Crippen LogP contribution in [-0.2, 0) is 6.42 Å². The van der Waals surface area contributed by atoms with Gasteiger partial charge in [0.25, 0.3) is 0 Å². The molecule has 0 heterocycles. The number of hydrogen-bond acceptors (Lipinski definition) is 1. The third-order valence-electron chi connectivity index (χ3n) is 7.62. The molecule has 0 saturated heterocycles. The topological polar surface area (TPSA) is 12.0 Å². The maximum Gasteiger partial charge on any atom is 0.00822 e. The van der Waals surface area contributed by atoms with Crippen LogP contribution in [0.1, 0.15) is 114 Å². The number of terminal acetylenes is 1. The smallest absolute Gasteiger partial charge is 0.00822 e. The van der Waals surface area contributed by atoms with Crippen molar-refractivity contribution in [1.82, 2.24) is 5.32 Å². The first kappa shape index (κ1) is 31.6. The maximum absolute atomic E-state index is 4.00. The van der Waals surface area contributed by atoms with Crippen molar-refractivity contribution >= 4 is 0 Å². The van der Waals surface area contributed by atoms with Crippen molar-refractivity contribution < 1.29 is 0 Å². The molecule has 1 nitrogen and oxygen atoms in total. The predicted molar refractivity (Wildman–Crippen MR) is 162 cm³/mol. The summed E-state index contributed by atoms with van der Waals surface area (Å²) >= 11 is 0. The van der Waals surface area contributed by atoms with Crippen LogP contribution in [0.25, 0.3) is 0 Å². The zero-order valence-electron chi connectivity index (χ0n) is 24.0. The molecular formula is C35H53N. The number of fused-ring (bicyclic) bond motifs is 1. The SMILES string of the molecule is C#C.C=C/C=C\C1=C(C)C(C(CCC)CCCCCCCC/C(C)=C/NC)c2ccc(C)cc2CC1. The van der Waals surface area contributed by atoms with Crippen LogP contribution < -0.4 is 5.32 Å². The summed E-state index contributed by atoms with van der Waals surface area (Å²) in [7, 11) is 1.99. The lowest BCUT2D eigenvalue weighted by molar-refractivity contribution is 0.376. The van der Waals surface area contributed by atoms with E-state index in [1.807, 2.05) is 13.1 Å². The lowest BCUT2D eigenvalue weighted by Crippen LogP contribution is -2.16. The summed E-state index contributed by atoms with van der Waals surface area (Å²) in [5.41, 5.74) is 9.17. The van der Waals surface area contributed by atoms with Gasteiger partial charge < -0.3 is 5.32 Å². The Kier molecular flexibility index (Phi) is 16.5. The second-order valence-electron chi connectivity index (χ2n) is 10.5. The Hall–Kier alpha value is -2.46. The Balaban J connectivity index is 0.00000316. The van der Waals surface area contributed by atoms with Crippen LogP contribution >= 0.6 is 0 Å². The molecule has 0 aliphatic heterocycles. The molecule has 1 heteroatoms. The number of benzene rings is 1. The molecule has 1 aliphatic rings. The standard InChI is InChI=1S/C33H51N.C2H2/c1-7-9-18-29-21-22-31-24-26(3)20-23-32(31)33(28(29)5)30(16-8-2)19-15-13-11-10-12-14-17-27(4)25-34-6;1-2/h7,9,18,20,23-25,30,33-34H,1,8,10-17,19,21-22H2,2-6H3;1-2H/b18-9-,27-25+;. The molecule has 2 rings (SSSR count). The third-order valence-corrected chi connectivity index (χ3v) is 7.62. The lowest BCUT2D eigenvalue weighted by Gasteiger charge is -2.30. The van der Waals surface area contributed by atoms with Gasteiger partial charge in [-0.15, -0.1) is 12.8 Å².